The van der Waals surface area contributed by atoms with Crippen molar-refractivity contribution >= 4 is 59.9 Å². The maximum atomic E-state index is 12.5. The van der Waals surface area contributed by atoms with Crippen molar-refractivity contribution in [3.05, 3.63) is 51.5 Å². The highest BCUT2D eigenvalue weighted by Crippen LogP contribution is 2.31. The van der Waals surface area contributed by atoms with Crippen LogP contribution in [0.2, 0.25) is 10.0 Å². The number of aromatic nitrogens is 1. The fourth-order valence-corrected chi connectivity index (χ4v) is 5.04. The molecule has 0 radical (unpaired) electrons. The second-order valence-electron chi connectivity index (χ2n) is 5.10. The van der Waals surface area contributed by atoms with Crippen molar-refractivity contribution < 1.29 is 8.42 Å². The van der Waals surface area contributed by atoms with E-state index in [1.807, 2.05) is 26.0 Å². The van der Waals surface area contributed by atoms with Crippen LogP contribution in [0.1, 0.15) is 11.1 Å². The van der Waals surface area contributed by atoms with E-state index in [-0.39, 0.29) is 9.92 Å². The molecule has 3 aromatic rings. The fourth-order valence-electron chi connectivity index (χ4n) is 2.09. The van der Waals surface area contributed by atoms with Gasteiger partial charge in [0.2, 0.25) is 0 Å². The SMILES string of the molecule is Cc1cc2nc(NS(=O)(=O)c3ccc(Cl)cc3Cl)sc2cc1C. The predicted molar refractivity (Wildman–Crippen MR) is 96.4 cm³/mol. The number of hydrogen-bond donors (Lipinski definition) is 1. The highest BCUT2D eigenvalue weighted by Gasteiger charge is 2.20. The maximum Gasteiger partial charge on any atom is 0.265 e. The van der Waals surface area contributed by atoms with Gasteiger partial charge in [-0.2, -0.15) is 0 Å². The number of benzene rings is 2. The van der Waals surface area contributed by atoms with Crippen molar-refractivity contribution in [2.45, 2.75) is 18.7 Å². The van der Waals surface area contributed by atoms with Crippen LogP contribution >= 0.6 is 34.5 Å². The second kappa shape index (κ2) is 5.94. The Bertz CT molecular complexity index is 975. The van der Waals surface area contributed by atoms with Crippen LogP contribution in [0, 0.1) is 13.8 Å². The standard InChI is InChI=1S/C15H12Cl2N2O2S2/c1-8-5-12-13(6-9(8)2)22-15(18-12)19-23(20,21)14-4-3-10(16)7-11(14)17/h3-7H,1-2H3,(H,18,19). The van der Waals surface area contributed by atoms with Gasteiger partial charge in [-0.15, -0.1) is 0 Å². The molecule has 0 saturated heterocycles. The quantitative estimate of drug-likeness (QED) is 0.687. The topological polar surface area (TPSA) is 59.1 Å². The van der Waals surface area contributed by atoms with E-state index in [0.717, 1.165) is 21.3 Å². The molecule has 1 aromatic heterocycles. The van der Waals surface area contributed by atoms with E-state index in [1.165, 1.54) is 29.5 Å². The largest absolute Gasteiger partial charge is 0.265 e. The summed E-state index contributed by atoms with van der Waals surface area (Å²) in [7, 11) is -3.82. The first kappa shape index (κ1) is 16.5. The van der Waals surface area contributed by atoms with Crippen LogP contribution in [0.15, 0.2) is 35.2 Å². The molecule has 0 fully saturated rings. The van der Waals surface area contributed by atoms with Gasteiger partial charge in [0.1, 0.15) is 4.90 Å². The molecule has 0 spiro atoms. The van der Waals surface area contributed by atoms with Crippen LogP contribution in [0.4, 0.5) is 5.13 Å². The van der Waals surface area contributed by atoms with E-state index >= 15 is 0 Å². The van der Waals surface area contributed by atoms with E-state index in [4.69, 9.17) is 23.2 Å². The first-order valence-electron chi connectivity index (χ1n) is 6.62. The van der Waals surface area contributed by atoms with Gasteiger partial charge >= 0.3 is 0 Å². The molecule has 0 bridgehead atoms. The Morgan fingerprint density at radius 2 is 1.78 bits per heavy atom. The molecule has 0 aliphatic rings. The summed E-state index contributed by atoms with van der Waals surface area (Å²) < 4.78 is 28.3. The molecule has 0 aliphatic carbocycles. The monoisotopic (exact) mass is 386 g/mol. The lowest BCUT2D eigenvalue weighted by Gasteiger charge is -2.07. The van der Waals surface area contributed by atoms with E-state index in [2.05, 4.69) is 9.71 Å². The number of nitrogens with one attached hydrogen (secondary N) is 1. The Kier molecular flexibility index (Phi) is 4.27. The lowest BCUT2D eigenvalue weighted by atomic mass is 10.1. The summed E-state index contributed by atoms with van der Waals surface area (Å²) in [6.45, 7) is 4.00. The fraction of sp³-hybridized carbons (Fsp3) is 0.133. The summed E-state index contributed by atoms with van der Waals surface area (Å²) >= 11 is 13.1. The van der Waals surface area contributed by atoms with Crippen LogP contribution in [0.25, 0.3) is 10.2 Å². The molecule has 23 heavy (non-hydrogen) atoms. The number of rotatable bonds is 3. The molecular formula is C15H12Cl2N2O2S2. The Balaban J connectivity index is 2.00. The zero-order chi connectivity index (χ0) is 16.8. The van der Waals surface area contributed by atoms with E-state index in [9.17, 15) is 8.42 Å². The van der Waals surface area contributed by atoms with Gasteiger partial charge in [-0.1, -0.05) is 34.5 Å². The molecule has 3 rings (SSSR count). The highest BCUT2D eigenvalue weighted by molar-refractivity contribution is 7.93. The second-order valence-corrected chi connectivity index (χ2v) is 8.63. The van der Waals surface area contributed by atoms with Crippen molar-refractivity contribution in [2.75, 3.05) is 4.72 Å². The van der Waals surface area contributed by atoms with Gasteiger partial charge in [0.05, 0.1) is 15.2 Å². The number of halogens is 2. The van der Waals surface area contributed by atoms with Crippen molar-refractivity contribution in [1.82, 2.24) is 4.98 Å². The molecule has 120 valence electrons. The van der Waals surface area contributed by atoms with Gasteiger partial charge in [0, 0.05) is 5.02 Å². The third-order valence-corrected chi connectivity index (χ3v) is 6.53. The third kappa shape index (κ3) is 3.30. The molecule has 1 heterocycles. The lowest BCUT2D eigenvalue weighted by molar-refractivity contribution is 0.601. The number of aryl methyl sites for hydroxylation is 2. The number of fused-ring (bicyclic) bond motifs is 1. The third-order valence-electron chi connectivity index (χ3n) is 3.41. The number of hydrogen-bond acceptors (Lipinski definition) is 4. The molecule has 0 unspecified atom stereocenters. The van der Waals surface area contributed by atoms with Crippen molar-refractivity contribution in [2.24, 2.45) is 0 Å². The molecule has 0 amide bonds. The average molecular weight is 387 g/mol. The van der Waals surface area contributed by atoms with Gasteiger partial charge in [0.25, 0.3) is 10.0 Å². The van der Waals surface area contributed by atoms with Crippen molar-refractivity contribution in [3.8, 4) is 0 Å². The lowest BCUT2D eigenvalue weighted by Crippen LogP contribution is -2.13. The predicted octanol–water partition coefficient (Wildman–Crippen LogP) is 5.02. The number of thiazole rings is 1. The number of nitrogens with zero attached hydrogens (tertiary/aromatic N) is 1. The van der Waals surface area contributed by atoms with Crippen LogP contribution in [-0.2, 0) is 10.0 Å². The molecule has 2 aromatic carbocycles. The van der Waals surface area contributed by atoms with E-state index < -0.39 is 10.0 Å². The van der Waals surface area contributed by atoms with Crippen LogP contribution in [-0.4, -0.2) is 13.4 Å². The normalized spacial score (nSPS) is 11.8. The number of sulfonamides is 1. The molecule has 0 aliphatic heterocycles. The Labute approximate surface area is 148 Å². The molecule has 8 heteroatoms. The van der Waals surface area contributed by atoms with Gasteiger partial charge in [-0.25, -0.2) is 13.4 Å². The zero-order valence-corrected chi connectivity index (χ0v) is 15.4. The average Bonchev–Trinajstić information content (AvgIpc) is 2.79. The van der Waals surface area contributed by atoms with Gasteiger partial charge in [-0.05, 0) is 55.3 Å². The first-order valence-corrected chi connectivity index (χ1v) is 9.67. The summed E-state index contributed by atoms with van der Waals surface area (Å²) in [6.07, 6.45) is 0. The van der Waals surface area contributed by atoms with E-state index in [0.29, 0.717) is 10.2 Å². The Hall–Kier alpha value is -1.34. The Morgan fingerprint density at radius 3 is 2.48 bits per heavy atom. The maximum absolute atomic E-state index is 12.5. The molecule has 0 atom stereocenters. The number of anilines is 1. The van der Waals surface area contributed by atoms with Crippen LogP contribution < -0.4 is 4.72 Å². The van der Waals surface area contributed by atoms with Gasteiger partial charge in [-0.3, -0.25) is 4.72 Å². The van der Waals surface area contributed by atoms with Gasteiger partial charge in [0.15, 0.2) is 5.13 Å². The minimum Gasteiger partial charge on any atom is -0.255 e. The van der Waals surface area contributed by atoms with Crippen LogP contribution in [0.5, 0.6) is 0 Å². The minimum atomic E-state index is -3.82. The summed E-state index contributed by atoms with van der Waals surface area (Å²) in [5, 5.41) is 0.744. The molecular weight excluding hydrogens is 375 g/mol. The summed E-state index contributed by atoms with van der Waals surface area (Å²) in [4.78, 5) is 4.30. The molecule has 4 nitrogen and oxygen atoms in total. The minimum absolute atomic E-state index is 0.0322. The summed E-state index contributed by atoms with van der Waals surface area (Å²) in [5.74, 6) is 0. The van der Waals surface area contributed by atoms with Crippen LogP contribution in [0.3, 0.4) is 0 Å². The first-order chi connectivity index (χ1) is 10.8. The Morgan fingerprint density at radius 1 is 1.09 bits per heavy atom. The molecule has 0 saturated carbocycles. The summed E-state index contributed by atoms with van der Waals surface area (Å²) in [6, 6.07) is 8.17. The summed E-state index contributed by atoms with van der Waals surface area (Å²) in [5.41, 5.74) is 3.01. The van der Waals surface area contributed by atoms with Crippen molar-refractivity contribution in [3.63, 3.8) is 0 Å². The smallest absolute Gasteiger partial charge is 0.255 e. The van der Waals surface area contributed by atoms with Crippen molar-refractivity contribution in [1.29, 1.82) is 0 Å². The van der Waals surface area contributed by atoms with E-state index in [1.54, 1.807) is 0 Å². The highest BCUT2D eigenvalue weighted by atomic mass is 35.5. The molecule has 1 N–H and O–H groups in total. The zero-order valence-electron chi connectivity index (χ0n) is 12.2. The van der Waals surface area contributed by atoms with Gasteiger partial charge < -0.3 is 0 Å².